The Kier molecular flexibility index (Phi) is 5.55. The first-order valence-corrected chi connectivity index (χ1v) is 9.76. The van der Waals surface area contributed by atoms with E-state index in [2.05, 4.69) is 32.5 Å². The van der Waals surface area contributed by atoms with Crippen molar-refractivity contribution in [3.05, 3.63) is 52.4 Å². The lowest BCUT2D eigenvalue weighted by Gasteiger charge is -2.27. The Balaban J connectivity index is 2.04. The van der Waals surface area contributed by atoms with Crippen LogP contribution in [-0.2, 0) is 10.9 Å². The summed E-state index contributed by atoms with van der Waals surface area (Å²) in [5.41, 5.74) is -0.993. The second kappa shape index (κ2) is 7.51. The molecule has 0 unspecified atom stereocenters. The number of H-pyrrole nitrogens is 1. The number of ether oxygens (including phenoxy) is 1. The van der Waals surface area contributed by atoms with E-state index in [0.717, 1.165) is 4.47 Å². The topological polar surface area (TPSA) is 58.2 Å². The smallest absolute Gasteiger partial charge is 0.433 e. The van der Waals surface area contributed by atoms with Crippen molar-refractivity contribution in [1.82, 2.24) is 14.9 Å². The van der Waals surface area contributed by atoms with Gasteiger partial charge in [0.15, 0.2) is 0 Å². The lowest BCUT2D eigenvalue weighted by atomic mass is 10.1. The Morgan fingerprint density at radius 2 is 1.90 bits per heavy atom. The number of nitrogens with one attached hydrogen (secondary N) is 1. The van der Waals surface area contributed by atoms with Crippen LogP contribution in [0.4, 0.5) is 18.0 Å². The standard InChI is InChI=1S/C20H21BrF3N3O2/c1-11-9-10-27(18(28)29-19(2,3)4)15(11)17-25-14(16(26-17)20(22,23)24)12-5-7-13(21)8-6-12/h5-8,15H,1,9-10H2,2-4H3,(H,25,26)/t15-/m0/s1. The first kappa shape index (κ1) is 21.4. The summed E-state index contributed by atoms with van der Waals surface area (Å²) >= 11 is 3.27. The summed E-state index contributed by atoms with van der Waals surface area (Å²) in [5.74, 6) is 0.0172. The van der Waals surface area contributed by atoms with Crippen molar-refractivity contribution in [3.8, 4) is 11.3 Å². The summed E-state index contributed by atoms with van der Waals surface area (Å²) in [4.78, 5) is 20.6. The molecule has 0 spiro atoms. The Morgan fingerprint density at radius 1 is 1.28 bits per heavy atom. The zero-order valence-electron chi connectivity index (χ0n) is 16.2. The maximum absolute atomic E-state index is 13.7. The zero-order chi connectivity index (χ0) is 21.6. The lowest BCUT2D eigenvalue weighted by Crippen LogP contribution is -2.36. The van der Waals surface area contributed by atoms with Gasteiger partial charge in [-0.1, -0.05) is 34.6 Å². The lowest BCUT2D eigenvalue weighted by molar-refractivity contribution is -0.140. The van der Waals surface area contributed by atoms with Crippen LogP contribution in [0.1, 0.15) is 44.8 Å². The largest absolute Gasteiger partial charge is 0.444 e. The third-order valence-corrected chi connectivity index (χ3v) is 4.91. The molecule has 5 nitrogen and oxygen atoms in total. The van der Waals surface area contributed by atoms with Gasteiger partial charge in [0, 0.05) is 16.6 Å². The van der Waals surface area contributed by atoms with E-state index in [1.807, 2.05) is 0 Å². The molecule has 0 radical (unpaired) electrons. The molecule has 1 aromatic heterocycles. The highest BCUT2D eigenvalue weighted by Gasteiger charge is 2.42. The highest BCUT2D eigenvalue weighted by molar-refractivity contribution is 9.10. The van der Waals surface area contributed by atoms with Crippen LogP contribution >= 0.6 is 15.9 Å². The molecule has 29 heavy (non-hydrogen) atoms. The maximum atomic E-state index is 13.7. The summed E-state index contributed by atoms with van der Waals surface area (Å²) in [6.45, 7) is 9.41. The van der Waals surface area contributed by atoms with Gasteiger partial charge in [-0.05, 0) is 44.9 Å². The Hall–Kier alpha value is -2.29. The molecule has 1 amide bonds. The van der Waals surface area contributed by atoms with Crippen molar-refractivity contribution >= 4 is 22.0 Å². The van der Waals surface area contributed by atoms with Gasteiger partial charge in [-0.2, -0.15) is 13.2 Å². The van der Waals surface area contributed by atoms with Crippen LogP contribution in [0, 0.1) is 0 Å². The van der Waals surface area contributed by atoms with E-state index in [1.54, 1.807) is 45.0 Å². The van der Waals surface area contributed by atoms with E-state index in [9.17, 15) is 18.0 Å². The van der Waals surface area contributed by atoms with E-state index in [4.69, 9.17) is 4.74 Å². The zero-order valence-corrected chi connectivity index (χ0v) is 17.8. The number of hydrogen-bond donors (Lipinski definition) is 1. The Labute approximate surface area is 175 Å². The first-order chi connectivity index (χ1) is 13.4. The number of imidazole rings is 1. The van der Waals surface area contributed by atoms with Gasteiger partial charge in [-0.25, -0.2) is 9.78 Å². The maximum Gasteiger partial charge on any atom is 0.433 e. The quantitative estimate of drug-likeness (QED) is 0.538. The number of amides is 1. The van der Waals surface area contributed by atoms with Gasteiger partial charge < -0.3 is 9.72 Å². The van der Waals surface area contributed by atoms with E-state index in [-0.39, 0.29) is 11.5 Å². The predicted octanol–water partition coefficient (Wildman–Crippen LogP) is 6.10. The molecule has 1 aromatic carbocycles. The highest BCUT2D eigenvalue weighted by Crippen LogP contribution is 2.41. The van der Waals surface area contributed by atoms with Gasteiger partial charge in [-0.15, -0.1) is 0 Å². The number of aromatic nitrogens is 2. The number of likely N-dealkylation sites (tertiary alicyclic amines) is 1. The third kappa shape index (κ3) is 4.66. The first-order valence-electron chi connectivity index (χ1n) is 8.97. The average Bonchev–Trinajstić information content (AvgIpc) is 3.17. The molecule has 0 bridgehead atoms. The number of benzene rings is 1. The fourth-order valence-corrected chi connectivity index (χ4v) is 3.42. The number of nitrogens with zero attached hydrogens (tertiary/aromatic N) is 2. The monoisotopic (exact) mass is 471 g/mol. The molecule has 2 heterocycles. The van der Waals surface area contributed by atoms with E-state index >= 15 is 0 Å². The van der Waals surface area contributed by atoms with Crippen molar-refractivity contribution in [3.63, 3.8) is 0 Å². The van der Waals surface area contributed by atoms with Crippen LogP contribution in [0.3, 0.4) is 0 Å². The summed E-state index contributed by atoms with van der Waals surface area (Å²) in [7, 11) is 0. The summed E-state index contributed by atoms with van der Waals surface area (Å²) in [5, 5.41) is 0. The van der Waals surface area contributed by atoms with Crippen molar-refractivity contribution in [2.75, 3.05) is 6.54 Å². The molecule has 156 valence electrons. The minimum atomic E-state index is -4.63. The van der Waals surface area contributed by atoms with Gasteiger partial charge in [0.1, 0.15) is 28.9 Å². The van der Waals surface area contributed by atoms with Crippen molar-refractivity contribution in [2.45, 2.75) is 45.0 Å². The number of carbonyl (C=O) groups is 1. The molecule has 1 aliphatic heterocycles. The van der Waals surface area contributed by atoms with Gasteiger partial charge in [0.05, 0.1) is 0 Å². The summed E-state index contributed by atoms with van der Waals surface area (Å²) in [6.07, 6.45) is -4.79. The van der Waals surface area contributed by atoms with Gasteiger partial charge in [0.25, 0.3) is 0 Å². The molecule has 3 rings (SSSR count). The molecule has 1 aliphatic rings. The summed E-state index contributed by atoms with van der Waals surface area (Å²) < 4.78 is 47.2. The second-order valence-corrected chi connectivity index (χ2v) is 8.75. The molecule has 1 fully saturated rings. The fraction of sp³-hybridized carbons (Fsp3) is 0.400. The fourth-order valence-electron chi connectivity index (χ4n) is 3.15. The van der Waals surface area contributed by atoms with Crippen molar-refractivity contribution in [2.24, 2.45) is 0 Å². The Morgan fingerprint density at radius 3 is 2.45 bits per heavy atom. The number of carbonyl (C=O) groups excluding carboxylic acids is 1. The van der Waals surface area contributed by atoms with Crippen LogP contribution in [0.25, 0.3) is 11.3 Å². The molecule has 1 N–H and O–H groups in total. The number of alkyl halides is 3. The van der Waals surface area contributed by atoms with Crippen molar-refractivity contribution < 1.29 is 22.7 Å². The van der Waals surface area contributed by atoms with Crippen LogP contribution in [0.5, 0.6) is 0 Å². The van der Waals surface area contributed by atoms with Crippen LogP contribution in [0.15, 0.2) is 40.9 Å². The van der Waals surface area contributed by atoms with Gasteiger partial charge >= 0.3 is 12.3 Å². The predicted molar refractivity (Wildman–Crippen MR) is 106 cm³/mol. The van der Waals surface area contributed by atoms with Crippen molar-refractivity contribution in [1.29, 1.82) is 0 Å². The minimum absolute atomic E-state index is 0.0172. The molecule has 0 saturated carbocycles. The van der Waals surface area contributed by atoms with Crippen LogP contribution < -0.4 is 0 Å². The number of hydrogen-bond acceptors (Lipinski definition) is 3. The van der Waals surface area contributed by atoms with Gasteiger partial charge in [-0.3, -0.25) is 4.90 Å². The number of rotatable bonds is 2. The molecule has 1 atom stereocenters. The molecule has 1 saturated heterocycles. The highest BCUT2D eigenvalue weighted by atomic mass is 79.9. The number of halogens is 4. The van der Waals surface area contributed by atoms with Crippen LogP contribution in [0.2, 0.25) is 0 Å². The molecule has 2 aromatic rings. The van der Waals surface area contributed by atoms with E-state index < -0.39 is 29.6 Å². The third-order valence-electron chi connectivity index (χ3n) is 4.38. The molecular weight excluding hydrogens is 451 g/mol. The van der Waals surface area contributed by atoms with E-state index in [0.29, 0.717) is 24.1 Å². The van der Waals surface area contributed by atoms with Crippen LogP contribution in [-0.4, -0.2) is 33.1 Å². The number of aromatic amines is 1. The average molecular weight is 472 g/mol. The van der Waals surface area contributed by atoms with Gasteiger partial charge in [0.2, 0.25) is 0 Å². The second-order valence-electron chi connectivity index (χ2n) is 7.83. The minimum Gasteiger partial charge on any atom is -0.444 e. The summed E-state index contributed by atoms with van der Waals surface area (Å²) in [6, 6.07) is 5.58. The molecule has 0 aliphatic carbocycles. The molecular formula is C20H21BrF3N3O2. The normalized spacial score (nSPS) is 17.7. The SMILES string of the molecule is C=C1CCN(C(=O)OC(C)(C)C)[C@@H]1c1nc(-c2ccc(Br)cc2)c(C(F)(F)F)[nH]1. The molecule has 9 heteroatoms. The van der Waals surface area contributed by atoms with E-state index in [1.165, 1.54) is 4.90 Å². The Bertz CT molecular complexity index is 930.